The standard InChI is InChI=1S/C17H22N2O3/c1-22-15-8-4-5-13(10-15)18-17(21)12-9-16(20)19(11-12)14-6-2-3-7-14/h4-5,8,10,12,14H,2-3,6-7,9,11H2,1H3,(H,18,21)/t12-/m0/s1. The molecule has 5 heteroatoms. The van der Waals surface area contributed by atoms with Gasteiger partial charge in [-0.1, -0.05) is 18.9 Å². The van der Waals surface area contributed by atoms with Crippen LogP contribution in [0.25, 0.3) is 0 Å². The number of carbonyl (C=O) groups excluding carboxylic acids is 2. The molecule has 0 spiro atoms. The van der Waals surface area contributed by atoms with E-state index in [1.54, 1.807) is 13.2 Å². The first-order valence-electron chi connectivity index (χ1n) is 7.92. The van der Waals surface area contributed by atoms with E-state index in [0.717, 1.165) is 12.8 Å². The third-order valence-corrected chi connectivity index (χ3v) is 4.63. The summed E-state index contributed by atoms with van der Waals surface area (Å²) in [7, 11) is 1.59. The van der Waals surface area contributed by atoms with Crippen molar-refractivity contribution in [1.29, 1.82) is 0 Å². The Hall–Kier alpha value is -2.04. The quantitative estimate of drug-likeness (QED) is 0.929. The topological polar surface area (TPSA) is 58.6 Å². The molecule has 2 amide bonds. The highest BCUT2D eigenvalue weighted by molar-refractivity contribution is 5.97. The van der Waals surface area contributed by atoms with Crippen LogP contribution in [0.2, 0.25) is 0 Å². The average molecular weight is 302 g/mol. The van der Waals surface area contributed by atoms with E-state index in [-0.39, 0.29) is 17.7 Å². The zero-order valence-electron chi connectivity index (χ0n) is 12.9. The first kappa shape index (κ1) is 14.9. The summed E-state index contributed by atoms with van der Waals surface area (Å²) in [5.74, 6) is 0.493. The summed E-state index contributed by atoms with van der Waals surface area (Å²) >= 11 is 0. The molecule has 118 valence electrons. The van der Waals surface area contributed by atoms with Crippen LogP contribution in [0.5, 0.6) is 5.75 Å². The number of ether oxygens (including phenoxy) is 1. The molecule has 0 aromatic heterocycles. The molecule has 1 N–H and O–H groups in total. The number of methoxy groups -OCH3 is 1. The predicted molar refractivity (Wildman–Crippen MR) is 83.7 cm³/mol. The zero-order chi connectivity index (χ0) is 15.5. The fourth-order valence-electron chi connectivity index (χ4n) is 3.42. The lowest BCUT2D eigenvalue weighted by Gasteiger charge is -2.23. The Bertz CT molecular complexity index is 567. The molecule has 1 saturated heterocycles. The van der Waals surface area contributed by atoms with E-state index >= 15 is 0 Å². The van der Waals surface area contributed by atoms with Crippen molar-refractivity contribution in [1.82, 2.24) is 4.90 Å². The Morgan fingerprint density at radius 2 is 2.09 bits per heavy atom. The maximum Gasteiger partial charge on any atom is 0.229 e. The summed E-state index contributed by atoms with van der Waals surface area (Å²) < 4.78 is 5.15. The van der Waals surface area contributed by atoms with Crippen molar-refractivity contribution in [2.45, 2.75) is 38.1 Å². The Morgan fingerprint density at radius 1 is 1.32 bits per heavy atom. The molecule has 5 nitrogen and oxygen atoms in total. The summed E-state index contributed by atoms with van der Waals surface area (Å²) in [4.78, 5) is 26.5. The maximum absolute atomic E-state index is 12.4. The summed E-state index contributed by atoms with van der Waals surface area (Å²) in [6.07, 6.45) is 4.86. The molecule has 1 aliphatic carbocycles. The highest BCUT2D eigenvalue weighted by Gasteiger charge is 2.38. The molecule has 0 bridgehead atoms. The number of rotatable bonds is 4. The third kappa shape index (κ3) is 3.08. The van der Waals surface area contributed by atoms with Crippen LogP contribution < -0.4 is 10.1 Å². The van der Waals surface area contributed by atoms with Crippen LogP contribution in [0.3, 0.4) is 0 Å². The number of carbonyl (C=O) groups is 2. The molecule has 0 unspecified atom stereocenters. The van der Waals surface area contributed by atoms with Crippen molar-refractivity contribution in [3.63, 3.8) is 0 Å². The van der Waals surface area contributed by atoms with Crippen LogP contribution in [0.4, 0.5) is 5.69 Å². The minimum absolute atomic E-state index is 0.0814. The largest absolute Gasteiger partial charge is 0.497 e. The second-order valence-electron chi connectivity index (χ2n) is 6.11. The van der Waals surface area contributed by atoms with Gasteiger partial charge < -0.3 is 15.0 Å². The Kier molecular flexibility index (Phi) is 4.32. The van der Waals surface area contributed by atoms with Gasteiger partial charge in [-0.2, -0.15) is 0 Å². The van der Waals surface area contributed by atoms with Crippen molar-refractivity contribution in [3.8, 4) is 5.75 Å². The van der Waals surface area contributed by atoms with Gasteiger partial charge >= 0.3 is 0 Å². The molecule has 1 aromatic rings. The number of nitrogens with zero attached hydrogens (tertiary/aromatic N) is 1. The van der Waals surface area contributed by atoms with Crippen LogP contribution >= 0.6 is 0 Å². The average Bonchev–Trinajstić information content (AvgIpc) is 3.16. The number of likely N-dealkylation sites (tertiary alicyclic amines) is 1. The van der Waals surface area contributed by atoms with Crippen LogP contribution in [-0.4, -0.2) is 36.4 Å². The number of hydrogen-bond acceptors (Lipinski definition) is 3. The van der Waals surface area contributed by atoms with Gasteiger partial charge in [0.1, 0.15) is 5.75 Å². The lowest BCUT2D eigenvalue weighted by atomic mass is 10.1. The second kappa shape index (κ2) is 6.38. The van der Waals surface area contributed by atoms with Crippen LogP contribution in [0.15, 0.2) is 24.3 Å². The van der Waals surface area contributed by atoms with E-state index in [1.807, 2.05) is 23.1 Å². The van der Waals surface area contributed by atoms with E-state index in [4.69, 9.17) is 4.74 Å². The highest BCUT2D eigenvalue weighted by atomic mass is 16.5. The predicted octanol–water partition coefficient (Wildman–Crippen LogP) is 2.42. The van der Waals surface area contributed by atoms with E-state index < -0.39 is 0 Å². The van der Waals surface area contributed by atoms with Gasteiger partial charge in [-0.25, -0.2) is 0 Å². The van der Waals surface area contributed by atoms with E-state index in [0.29, 0.717) is 30.4 Å². The summed E-state index contributed by atoms with van der Waals surface area (Å²) in [6.45, 7) is 0.555. The Labute approximate surface area is 130 Å². The second-order valence-corrected chi connectivity index (χ2v) is 6.11. The number of anilines is 1. The lowest BCUT2D eigenvalue weighted by Crippen LogP contribution is -2.35. The molecule has 1 aromatic carbocycles. The molecule has 1 aliphatic heterocycles. The first-order valence-corrected chi connectivity index (χ1v) is 7.92. The first-order chi connectivity index (χ1) is 10.7. The molecule has 3 rings (SSSR count). The van der Waals surface area contributed by atoms with Gasteiger partial charge in [-0.15, -0.1) is 0 Å². The minimum Gasteiger partial charge on any atom is -0.497 e. The van der Waals surface area contributed by atoms with Gasteiger partial charge in [0.15, 0.2) is 0 Å². The van der Waals surface area contributed by atoms with Crippen molar-refractivity contribution in [3.05, 3.63) is 24.3 Å². The van der Waals surface area contributed by atoms with Gasteiger partial charge in [-0.05, 0) is 25.0 Å². The minimum atomic E-state index is -0.251. The third-order valence-electron chi connectivity index (χ3n) is 4.63. The zero-order valence-corrected chi connectivity index (χ0v) is 12.9. The maximum atomic E-state index is 12.4. The van der Waals surface area contributed by atoms with E-state index in [9.17, 15) is 9.59 Å². The van der Waals surface area contributed by atoms with E-state index in [1.165, 1.54) is 12.8 Å². The summed E-state index contributed by atoms with van der Waals surface area (Å²) in [5, 5.41) is 2.89. The smallest absolute Gasteiger partial charge is 0.229 e. The van der Waals surface area contributed by atoms with Crippen LogP contribution in [0, 0.1) is 5.92 Å². The summed E-state index contributed by atoms with van der Waals surface area (Å²) in [6, 6.07) is 7.62. The van der Waals surface area contributed by atoms with Crippen molar-refractivity contribution in [2.24, 2.45) is 5.92 Å². The summed E-state index contributed by atoms with van der Waals surface area (Å²) in [5.41, 5.74) is 0.705. The molecule has 1 heterocycles. The van der Waals surface area contributed by atoms with Crippen molar-refractivity contribution < 1.29 is 14.3 Å². The fourth-order valence-corrected chi connectivity index (χ4v) is 3.42. The Morgan fingerprint density at radius 3 is 2.82 bits per heavy atom. The number of hydrogen-bond donors (Lipinski definition) is 1. The lowest BCUT2D eigenvalue weighted by molar-refractivity contribution is -0.129. The molecule has 1 saturated carbocycles. The monoisotopic (exact) mass is 302 g/mol. The van der Waals surface area contributed by atoms with Crippen molar-refractivity contribution in [2.75, 3.05) is 19.0 Å². The van der Waals surface area contributed by atoms with Crippen molar-refractivity contribution >= 4 is 17.5 Å². The van der Waals surface area contributed by atoms with Gasteiger partial charge in [0.2, 0.25) is 11.8 Å². The normalized spacial score (nSPS) is 22.1. The van der Waals surface area contributed by atoms with E-state index in [2.05, 4.69) is 5.32 Å². The fraction of sp³-hybridized carbons (Fsp3) is 0.529. The number of benzene rings is 1. The molecular weight excluding hydrogens is 280 g/mol. The molecular formula is C17H22N2O3. The molecule has 1 atom stereocenters. The van der Waals surface area contributed by atoms with Gasteiger partial charge in [0.05, 0.1) is 13.0 Å². The van der Waals surface area contributed by atoms with Gasteiger partial charge in [0, 0.05) is 30.8 Å². The number of nitrogens with one attached hydrogen (secondary N) is 1. The van der Waals surface area contributed by atoms with Crippen LogP contribution in [-0.2, 0) is 9.59 Å². The molecule has 0 radical (unpaired) electrons. The SMILES string of the molecule is COc1cccc(NC(=O)[C@H]2CC(=O)N(C3CCCC3)C2)c1. The van der Waals surface area contributed by atoms with Gasteiger partial charge in [-0.3, -0.25) is 9.59 Å². The number of amides is 2. The highest BCUT2D eigenvalue weighted by Crippen LogP contribution is 2.30. The molecule has 22 heavy (non-hydrogen) atoms. The Balaban J connectivity index is 1.62. The van der Waals surface area contributed by atoms with Gasteiger partial charge in [0.25, 0.3) is 0 Å². The molecule has 2 fully saturated rings. The molecule has 2 aliphatic rings. The van der Waals surface area contributed by atoms with Crippen LogP contribution in [0.1, 0.15) is 32.1 Å².